The second-order valence-electron chi connectivity index (χ2n) is 4.35. The zero-order chi connectivity index (χ0) is 11.5. The van der Waals surface area contributed by atoms with Crippen LogP contribution in [0.3, 0.4) is 0 Å². The van der Waals surface area contributed by atoms with Crippen molar-refractivity contribution in [3.63, 3.8) is 0 Å². The Morgan fingerprint density at radius 1 is 1.62 bits per heavy atom. The molecule has 1 N–H and O–H groups in total. The molecule has 0 radical (unpaired) electrons. The lowest BCUT2D eigenvalue weighted by atomic mass is 10.1. The van der Waals surface area contributed by atoms with Gasteiger partial charge in [0.05, 0.1) is 0 Å². The van der Waals surface area contributed by atoms with Crippen LogP contribution < -0.4 is 0 Å². The van der Waals surface area contributed by atoms with E-state index in [1.807, 2.05) is 0 Å². The van der Waals surface area contributed by atoms with Crippen LogP contribution in [-0.2, 0) is 6.42 Å². The molecule has 0 aliphatic carbocycles. The molecule has 2 unspecified atom stereocenters. The topological polar surface area (TPSA) is 62.4 Å². The number of aliphatic hydroxyl groups excluding tert-OH is 1. The molecule has 5 nitrogen and oxygen atoms in total. The molecule has 2 rings (SSSR count). The molecule has 0 aromatic carbocycles. The van der Waals surface area contributed by atoms with Crippen molar-refractivity contribution in [2.75, 3.05) is 13.1 Å². The molecule has 1 aromatic heterocycles. The zero-order valence-electron chi connectivity index (χ0n) is 9.89. The highest BCUT2D eigenvalue weighted by Gasteiger charge is 2.25. The largest absolute Gasteiger partial charge is 0.384 e. The van der Waals surface area contributed by atoms with Crippen molar-refractivity contribution in [2.24, 2.45) is 0 Å². The maximum atomic E-state index is 9.29. The first kappa shape index (κ1) is 11.5. The standard InChI is InChI=1S/C11H19N3O2/c1-3-14-6-4-5-9(14)7-10-12-11(8(2)15)16-13-10/h8-9,15H,3-7H2,1-2H3. The lowest BCUT2D eigenvalue weighted by molar-refractivity contribution is 0.151. The summed E-state index contributed by atoms with van der Waals surface area (Å²) in [6.07, 6.45) is 2.60. The number of hydrogen-bond acceptors (Lipinski definition) is 5. The van der Waals surface area contributed by atoms with Crippen LogP contribution in [-0.4, -0.2) is 39.3 Å². The summed E-state index contributed by atoms with van der Waals surface area (Å²) < 4.78 is 4.98. The molecule has 0 saturated carbocycles. The monoisotopic (exact) mass is 225 g/mol. The van der Waals surface area contributed by atoms with Crippen molar-refractivity contribution in [1.82, 2.24) is 15.0 Å². The molecule has 1 fully saturated rings. The summed E-state index contributed by atoms with van der Waals surface area (Å²) in [7, 11) is 0. The lowest BCUT2D eigenvalue weighted by Crippen LogP contribution is -2.31. The van der Waals surface area contributed by atoms with Crippen molar-refractivity contribution in [2.45, 2.75) is 45.3 Å². The van der Waals surface area contributed by atoms with E-state index in [0.717, 1.165) is 13.0 Å². The van der Waals surface area contributed by atoms with Crippen LogP contribution >= 0.6 is 0 Å². The smallest absolute Gasteiger partial charge is 0.255 e. The maximum absolute atomic E-state index is 9.29. The van der Waals surface area contributed by atoms with Gasteiger partial charge >= 0.3 is 0 Å². The molecular weight excluding hydrogens is 206 g/mol. The Balaban J connectivity index is 1.97. The average molecular weight is 225 g/mol. The number of aliphatic hydroxyl groups is 1. The van der Waals surface area contributed by atoms with Gasteiger partial charge in [-0.2, -0.15) is 4.98 Å². The van der Waals surface area contributed by atoms with Gasteiger partial charge in [0, 0.05) is 12.5 Å². The van der Waals surface area contributed by atoms with Crippen LogP contribution in [0.1, 0.15) is 44.5 Å². The molecule has 1 saturated heterocycles. The van der Waals surface area contributed by atoms with Crippen LogP contribution in [0.25, 0.3) is 0 Å². The van der Waals surface area contributed by atoms with E-state index >= 15 is 0 Å². The average Bonchev–Trinajstić information content (AvgIpc) is 2.87. The SMILES string of the molecule is CCN1CCCC1Cc1noc(C(C)O)n1. The molecule has 0 bridgehead atoms. The quantitative estimate of drug-likeness (QED) is 0.832. The Morgan fingerprint density at radius 3 is 3.06 bits per heavy atom. The number of nitrogens with zero attached hydrogens (tertiary/aromatic N) is 3. The van der Waals surface area contributed by atoms with Gasteiger partial charge in [-0.3, -0.25) is 0 Å². The third-order valence-electron chi connectivity index (χ3n) is 3.16. The van der Waals surface area contributed by atoms with Gasteiger partial charge in [0.15, 0.2) is 5.82 Å². The first-order chi connectivity index (χ1) is 7.70. The molecule has 5 heteroatoms. The van der Waals surface area contributed by atoms with Gasteiger partial charge in [0.25, 0.3) is 5.89 Å². The normalized spacial score (nSPS) is 23.8. The molecule has 16 heavy (non-hydrogen) atoms. The van der Waals surface area contributed by atoms with Crippen molar-refractivity contribution in [3.05, 3.63) is 11.7 Å². The molecule has 2 atom stereocenters. The highest BCUT2D eigenvalue weighted by molar-refractivity contribution is 4.94. The highest BCUT2D eigenvalue weighted by atomic mass is 16.5. The van der Waals surface area contributed by atoms with Gasteiger partial charge in [-0.25, -0.2) is 0 Å². The number of likely N-dealkylation sites (N-methyl/N-ethyl adjacent to an activating group) is 1. The van der Waals surface area contributed by atoms with E-state index in [9.17, 15) is 5.11 Å². The summed E-state index contributed by atoms with van der Waals surface area (Å²) in [4.78, 5) is 6.63. The van der Waals surface area contributed by atoms with E-state index in [1.165, 1.54) is 19.4 Å². The van der Waals surface area contributed by atoms with Gasteiger partial charge in [-0.15, -0.1) is 0 Å². The molecule has 0 amide bonds. The van der Waals surface area contributed by atoms with Crippen LogP contribution in [0.5, 0.6) is 0 Å². The van der Waals surface area contributed by atoms with Gasteiger partial charge in [0.2, 0.25) is 0 Å². The Bertz CT molecular complexity index is 338. The summed E-state index contributed by atoms with van der Waals surface area (Å²) in [5.74, 6) is 1.03. The lowest BCUT2D eigenvalue weighted by Gasteiger charge is -2.20. The fraction of sp³-hybridized carbons (Fsp3) is 0.818. The van der Waals surface area contributed by atoms with Crippen LogP contribution in [0.4, 0.5) is 0 Å². The fourth-order valence-electron chi connectivity index (χ4n) is 2.27. The molecule has 1 aliphatic rings. The molecular formula is C11H19N3O2. The second-order valence-corrected chi connectivity index (χ2v) is 4.35. The van der Waals surface area contributed by atoms with Gasteiger partial charge in [0.1, 0.15) is 6.10 Å². The maximum Gasteiger partial charge on any atom is 0.255 e. The zero-order valence-corrected chi connectivity index (χ0v) is 9.89. The van der Waals surface area contributed by atoms with Crippen molar-refractivity contribution in [1.29, 1.82) is 0 Å². The highest BCUT2D eigenvalue weighted by Crippen LogP contribution is 2.20. The minimum atomic E-state index is -0.674. The number of rotatable bonds is 4. The minimum absolute atomic E-state index is 0.316. The second kappa shape index (κ2) is 4.93. The van der Waals surface area contributed by atoms with Crippen LogP contribution in [0, 0.1) is 0 Å². The van der Waals surface area contributed by atoms with Crippen molar-refractivity contribution >= 4 is 0 Å². The van der Waals surface area contributed by atoms with Gasteiger partial charge < -0.3 is 14.5 Å². The van der Waals surface area contributed by atoms with E-state index in [1.54, 1.807) is 6.92 Å². The molecule has 1 aliphatic heterocycles. The van der Waals surface area contributed by atoms with Gasteiger partial charge in [-0.1, -0.05) is 12.1 Å². The van der Waals surface area contributed by atoms with E-state index in [-0.39, 0.29) is 0 Å². The summed E-state index contributed by atoms with van der Waals surface area (Å²) in [5, 5.41) is 13.2. The van der Waals surface area contributed by atoms with Crippen LogP contribution in [0.15, 0.2) is 4.52 Å². The third-order valence-corrected chi connectivity index (χ3v) is 3.16. The predicted molar refractivity (Wildman–Crippen MR) is 58.9 cm³/mol. The summed E-state index contributed by atoms with van der Waals surface area (Å²) in [5.41, 5.74) is 0. The Hall–Kier alpha value is -0.940. The summed E-state index contributed by atoms with van der Waals surface area (Å²) in [6.45, 7) is 6.05. The van der Waals surface area contributed by atoms with E-state index in [4.69, 9.17) is 4.52 Å². The predicted octanol–water partition coefficient (Wildman–Crippen LogP) is 1.15. The van der Waals surface area contributed by atoms with Crippen molar-refractivity contribution in [3.8, 4) is 0 Å². The van der Waals surface area contributed by atoms with E-state index in [2.05, 4.69) is 22.0 Å². The summed E-state index contributed by atoms with van der Waals surface area (Å²) >= 11 is 0. The van der Waals surface area contributed by atoms with E-state index in [0.29, 0.717) is 17.8 Å². The van der Waals surface area contributed by atoms with Crippen LogP contribution in [0.2, 0.25) is 0 Å². The molecule has 90 valence electrons. The van der Waals surface area contributed by atoms with E-state index < -0.39 is 6.10 Å². The summed E-state index contributed by atoms with van der Waals surface area (Å²) in [6, 6.07) is 0.532. The molecule has 2 heterocycles. The first-order valence-electron chi connectivity index (χ1n) is 5.95. The van der Waals surface area contributed by atoms with Gasteiger partial charge in [-0.05, 0) is 32.9 Å². The Morgan fingerprint density at radius 2 is 2.44 bits per heavy atom. The fourth-order valence-corrected chi connectivity index (χ4v) is 2.27. The third kappa shape index (κ3) is 2.41. The molecule has 1 aromatic rings. The minimum Gasteiger partial charge on any atom is -0.384 e. The Kier molecular flexibility index (Phi) is 3.56. The first-order valence-corrected chi connectivity index (χ1v) is 5.95. The Labute approximate surface area is 95.4 Å². The van der Waals surface area contributed by atoms with Crippen molar-refractivity contribution < 1.29 is 9.63 Å². The number of aromatic nitrogens is 2. The number of hydrogen-bond donors (Lipinski definition) is 1. The number of likely N-dealkylation sites (tertiary alicyclic amines) is 1. The molecule has 0 spiro atoms.